The normalized spacial score (nSPS) is 14.2. The van der Waals surface area contributed by atoms with Crippen LogP contribution in [0, 0.1) is 12.3 Å². The van der Waals surface area contributed by atoms with Crippen molar-refractivity contribution in [2.75, 3.05) is 6.54 Å². The maximum atomic E-state index is 12.5. The number of nitrogens with one attached hydrogen (secondary N) is 1. The second kappa shape index (κ2) is 6.62. The number of hydrogen-bond acceptors (Lipinski definition) is 5. The molecule has 1 amide bonds. The van der Waals surface area contributed by atoms with E-state index in [1.807, 2.05) is 18.2 Å². The van der Waals surface area contributed by atoms with Crippen molar-refractivity contribution in [3.8, 4) is 23.7 Å². The zero-order valence-electron chi connectivity index (χ0n) is 13.4. The SMILES string of the molecule is C#CCCC1(CCNC(=O)c2ccccc2-c2ncn(C)n2)N=N1. The summed E-state index contributed by atoms with van der Waals surface area (Å²) in [6, 6.07) is 7.28. The summed E-state index contributed by atoms with van der Waals surface area (Å²) in [5, 5.41) is 15.3. The first-order valence-corrected chi connectivity index (χ1v) is 7.74. The van der Waals surface area contributed by atoms with E-state index in [0.29, 0.717) is 36.3 Å². The van der Waals surface area contributed by atoms with Crippen LogP contribution in [0.1, 0.15) is 29.6 Å². The number of terminal acetylenes is 1. The third kappa shape index (κ3) is 3.49. The lowest BCUT2D eigenvalue weighted by molar-refractivity contribution is 0.0952. The molecule has 0 spiro atoms. The quantitative estimate of drug-likeness (QED) is 0.793. The van der Waals surface area contributed by atoms with E-state index in [9.17, 15) is 4.79 Å². The van der Waals surface area contributed by atoms with E-state index in [2.05, 4.69) is 31.5 Å². The molecule has 122 valence electrons. The predicted octanol–water partition coefficient (Wildman–Crippen LogP) is 2.18. The number of amides is 1. The number of carbonyl (C=O) groups excluding carboxylic acids is 1. The van der Waals surface area contributed by atoms with Gasteiger partial charge in [-0.1, -0.05) is 18.2 Å². The van der Waals surface area contributed by atoms with E-state index in [-0.39, 0.29) is 11.6 Å². The van der Waals surface area contributed by atoms with Gasteiger partial charge in [-0.2, -0.15) is 15.3 Å². The van der Waals surface area contributed by atoms with Crippen LogP contribution in [0.2, 0.25) is 0 Å². The van der Waals surface area contributed by atoms with Crippen LogP contribution in [0.25, 0.3) is 11.4 Å². The number of hydrogen-bond donors (Lipinski definition) is 1. The summed E-state index contributed by atoms with van der Waals surface area (Å²) >= 11 is 0. The van der Waals surface area contributed by atoms with E-state index < -0.39 is 0 Å². The summed E-state index contributed by atoms with van der Waals surface area (Å²) in [4.78, 5) is 16.7. The Morgan fingerprint density at radius 2 is 2.12 bits per heavy atom. The highest BCUT2D eigenvalue weighted by Crippen LogP contribution is 2.36. The molecular weight excluding hydrogens is 304 g/mol. The van der Waals surface area contributed by atoms with Gasteiger partial charge in [0, 0.05) is 38.4 Å². The Morgan fingerprint density at radius 1 is 1.33 bits per heavy atom. The fraction of sp³-hybridized carbons (Fsp3) is 0.353. The molecule has 1 aliphatic rings. The molecule has 7 heteroatoms. The molecule has 3 rings (SSSR count). The number of aryl methyl sites for hydroxylation is 1. The van der Waals surface area contributed by atoms with Crippen LogP contribution in [0.4, 0.5) is 0 Å². The third-order valence-corrected chi connectivity index (χ3v) is 3.88. The van der Waals surface area contributed by atoms with Gasteiger partial charge in [-0.3, -0.25) is 9.48 Å². The highest BCUT2D eigenvalue weighted by Gasteiger charge is 2.38. The van der Waals surface area contributed by atoms with E-state index in [0.717, 1.165) is 6.42 Å². The molecule has 0 bridgehead atoms. The third-order valence-electron chi connectivity index (χ3n) is 3.88. The smallest absolute Gasteiger partial charge is 0.252 e. The average Bonchev–Trinajstić information content (AvgIpc) is 3.23. The van der Waals surface area contributed by atoms with Gasteiger partial charge in [0.2, 0.25) is 0 Å². The Hall–Kier alpha value is -3.01. The van der Waals surface area contributed by atoms with Crippen LogP contribution in [-0.2, 0) is 7.05 Å². The molecule has 1 N–H and O–H groups in total. The van der Waals surface area contributed by atoms with Crippen molar-refractivity contribution >= 4 is 5.91 Å². The Morgan fingerprint density at radius 3 is 2.79 bits per heavy atom. The fourth-order valence-electron chi connectivity index (χ4n) is 2.48. The second-order valence-corrected chi connectivity index (χ2v) is 5.68. The molecule has 2 heterocycles. The molecule has 7 nitrogen and oxygen atoms in total. The zero-order chi connectivity index (χ0) is 17.0. The summed E-state index contributed by atoms with van der Waals surface area (Å²) < 4.78 is 1.61. The highest BCUT2D eigenvalue weighted by molar-refractivity contribution is 6.00. The predicted molar refractivity (Wildman–Crippen MR) is 89.0 cm³/mol. The lowest BCUT2D eigenvalue weighted by atomic mass is 10.0. The number of nitrogens with zero attached hydrogens (tertiary/aromatic N) is 5. The lowest BCUT2D eigenvalue weighted by Gasteiger charge is -2.11. The van der Waals surface area contributed by atoms with Crippen molar-refractivity contribution in [2.24, 2.45) is 17.3 Å². The first-order valence-electron chi connectivity index (χ1n) is 7.74. The van der Waals surface area contributed by atoms with Gasteiger partial charge in [-0.25, -0.2) is 4.98 Å². The molecule has 1 aliphatic heterocycles. The maximum absolute atomic E-state index is 12.5. The van der Waals surface area contributed by atoms with Crippen molar-refractivity contribution in [2.45, 2.75) is 24.9 Å². The first-order chi connectivity index (χ1) is 11.6. The van der Waals surface area contributed by atoms with Crippen molar-refractivity contribution in [3.05, 3.63) is 36.2 Å². The average molecular weight is 322 g/mol. The minimum absolute atomic E-state index is 0.161. The molecule has 2 aromatic rings. The van der Waals surface area contributed by atoms with Crippen molar-refractivity contribution in [1.29, 1.82) is 0 Å². The second-order valence-electron chi connectivity index (χ2n) is 5.68. The Balaban J connectivity index is 1.63. The van der Waals surface area contributed by atoms with Crippen LogP contribution in [0.15, 0.2) is 40.8 Å². The van der Waals surface area contributed by atoms with Gasteiger partial charge >= 0.3 is 0 Å². The van der Waals surface area contributed by atoms with Crippen molar-refractivity contribution in [3.63, 3.8) is 0 Å². The topological polar surface area (TPSA) is 84.5 Å². The zero-order valence-corrected chi connectivity index (χ0v) is 13.4. The van der Waals surface area contributed by atoms with E-state index in [1.165, 1.54) is 0 Å². The Labute approximate surface area is 140 Å². The Bertz CT molecular complexity index is 810. The number of aromatic nitrogens is 3. The van der Waals surface area contributed by atoms with Crippen molar-refractivity contribution in [1.82, 2.24) is 20.1 Å². The summed E-state index contributed by atoms with van der Waals surface area (Å²) in [6.07, 6.45) is 8.90. The number of rotatable bonds is 7. The van der Waals surface area contributed by atoms with Gasteiger partial charge in [0.1, 0.15) is 6.33 Å². The molecule has 0 saturated carbocycles. The monoisotopic (exact) mass is 322 g/mol. The van der Waals surface area contributed by atoms with Gasteiger partial charge in [0.25, 0.3) is 5.91 Å². The van der Waals surface area contributed by atoms with Gasteiger partial charge < -0.3 is 5.32 Å². The molecule has 1 aromatic carbocycles. The van der Waals surface area contributed by atoms with Gasteiger partial charge in [0.05, 0.1) is 5.56 Å². The van der Waals surface area contributed by atoms with Crippen LogP contribution in [-0.4, -0.2) is 32.9 Å². The van der Waals surface area contributed by atoms with Crippen LogP contribution < -0.4 is 5.32 Å². The summed E-state index contributed by atoms with van der Waals surface area (Å²) in [5.41, 5.74) is 0.867. The van der Waals surface area contributed by atoms with Gasteiger partial charge in [0.15, 0.2) is 11.5 Å². The standard InChI is InChI=1S/C17H18N6O/c1-3-4-9-17(21-22-17)10-11-18-16(24)14-8-6-5-7-13(14)15-19-12-23(2)20-15/h1,5-8,12H,4,9-11H2,2H3,(H,18,24). The molecular formula is C17H18N6O. The van der Waals surface area contributed by atoms with Crippen LogP contribution in [0.3, 0.4) is 0 Å². The first kappa shape index (κ1) is 15.9. The molecule has 0 aliphatic carbocycles. The molecule has 1 aromatic heterocycles. The molecule has 24 heavy (non-hydrogen) atoms. The van der Waals surface area contributed by atoms with Gasteiger partial charge in [-0.15, -0.1) is 12.3 Å². The van der Waals surface area contributed by atoms with Gasteiger partial charge in [-0.05, 0) is 6.07 Å². The molecule has 0 saturated heterocycles. The van der Waals surface area contributed by atoms with Crippen LogP contribution >= 0.6 is 0 Å². The fourth-order valence-corrected chi connectivity index (χ4v) is 2.48. The minimum Gasteiger partial charge on any atom is -0.352 e. The maximum Gasteiger partial charge on any atom is 0.252 e. The number of carbonyl (C=O) groups is 1. The summed E-state index contributed by atoms with van der Waals surface area (Å²) in [5.74, 6) is 2.96. The largest absolute Gasteiger partial charge is 0.352 e. The Kier molecular flexibility index (Phi) is 4.38. The molecule has 0 fully saturated rings. The summed E-state index contributed by atoms with van der Waals surface area (Å²) in [6.45, 7) is 0.486. The van der Waals surface area contributed by atoms with E-state index in [1.54, 1.807) is 24.1 Å². The highest BCUT2D eigenvalue weighted by atomic mass is 16.1. The molecule has 0 radical (unpaired) electrons. The minimum atomic E-state index is -0.387. The summed E-state index contributed by atoms with van der Waals surface area (Å²) in [7, 11) is 1.79. The number of benzene rings is 1. The lowest BCUT2D eigenvalue weighted by Crippen LogP contribution is -2.28. The molecule has 0 unspecified atom stereocenters. The van der Waals surface area contributed by atoms with Crippen LogP contribution in [0.5, 0.6) is 0 Å². The van der Waals surface area contributed by atoms with E-state index in [4.69, 9.17) is 6.42 Å². The van der Waals surface area contributed by atoms with E-state index >= 15 is 0 Å². The molecule has 0 atom stereocenters. The van der Waals surface area contributed by atoms with Crippen molar-refractivity contribution < 1.29 is 4.79 Å².